The Morgan fingerprint density at radius 3 is 2.93 bits per heavy atom. The van der Waals surface area contributed by atoms with Crippen molar-refractivity contribution >= 4 is 43.2 Å². The predicted octanol–water partition coefficient (Wildman–Crippen LogP) is 2.69. The van der Waals surface area contributed by atoms with Gasteiger partial charge in [-0.25, -0.2) is 23.5 Å². The van der Waals surface area contributed by atoms with Gasteiger partial charge in [-0.15, -0.1) is 0 Å². The summed E-state index contributed by atoms with van der Waals surface area (Å²) < 4.78 is 23.9. The Hall–Kier alpha value is -2.49. The van der Waals surface area contributed by atoms with Gasteiger partial charge in [0.25, 0.3) is 0 Å². The monoisotopic (exact) mass is 445 g/mol. The molecule has 1 aromatic heterocycles. The zero-order chi connectivity index (χ0) is 19.0. The standard InChI is InChI=1S/C18H16BrN5O2S/c19-15-10-22-18(23-11-3-1-4-12(9-11)27(20,25)26)24-17(15)14-5-2-6-16-13(14)7-8-21-16/h1-10,13,16,21H,(H2,20,25,26)(H,22,23,24). The van der Waals surface area contributed by atoms with Crippen LogP contribution in [0.5, 0.6) is 0 Å². The van der Waals surface area contributed by atoms with Gasteiger partial charge in [0.05, 0.1) is 21.1 Å². The third-order valence-electron chi connectivity index (χ3n) is 4.37. The Balaban J connectivity index is 1.67. The number of benzene rings is 1. The molecule has 2 heterocycles. The number of hydrogen-bond donors (Lipinski definition) is 3. The van der Waals surface area contributed by atoms with Crippen LogP contribution in [0.25, 0.3) is 5.57 Å². The van der Waals surface area contributed by atoms with E-state index in [1.165, 1.54) is 12.1 Å². The van der Waals surface area contributed by atoms with Gasteiger partial charge >= 0.3 is 0 Å². The molecule has 2 aromatic rings. The number of sulfonamides is 1. The van der Waals surface area contributed by atoms with Crippen LogP contribution in [0.4, 0.5) is 11.6 Å². The number of aromatic nitrogens is 2. The summed E-state index contributed by atoms with van der Waals surface area (Å²) in [4.78, 5) is 8.93. The largest absolute Gasteiger partial charge is 0.384 e. The quantitative estimate of drug-likeness (QED) is 0.666. The summed E-state index contributed by atoms with van der Waals surface area (Å²) >= 11 is 3.53. The average Bonchev–Trinajstić information content (AvgIpc) is 3.12. The summed E-state index contributed by atoms with van der Waals surface area (Å²) in [5.41, 5.74) is 2.38. The summed E-state index contributed by atoms with van der Waals surface area (Å²) in [7, 11) is -3.78. The molecule has 4 rings (SSSR count). The third-order valence-corrected chi connectivity index (χ3v) is 5.86. The molecule has 0 amide bonds. The minimum Gasteiger partial charge on any atom is -0.384 e. The minimum atomic E-state index is -3.78. The first-order valence-corrected chi connectivity index (χ1v) is 10.5. The second kappa shape index (κ2) is 6.91. The van der Waals surface area contributed by atoms with Crippen molar-refractivity contribution in [3.8, 4) is 0 Å². The number of nitrogens with one attached hydrogen (secondary N) is 2. The second-order valence-electron chi connectivity index (χ2n) is 6.17. The van der Waals surface area contributed by atoms with E-state index in [1.807, 2.05) is 18.4 Å². The lowest BCUT2D eigenvalue weighted by molar-refractivity contribution is 0.598. The van der Waals surface area contributed by atoms with Crippen molar-refractivity contribution in [3.05, 3.63) is 71.1 Å². The van der Waals surface area contributed by atoms with Crippen molar-refractivity contribution < 1.29 is 8.42 Å². The third kappa shape index (κ3) is 3.66. The lowest BCUT2D eigenvalue weighted by Gasteiger charge is -2.23. The number of fused-ring (bicyclic) bond motifs is 1. The highest BCUT2D eigenvalue weighted by Gasteiger charge is 2.28. The average molecular weight is 446 g/mol. The number of allylic oxidation sites excluding steroid dienone is 2. The summed E-state index contributed by atoms with van der Waals surface area (Å²) in [6, 6.07) is 6.43. The fraction of sp³-hybridized carbons (Fsp3) is 0.111. The van der Waals surface area contributed by atoms with Gasteiger partial charge in [0.1, 0.15) is 0 Å². The topological polar surface area (TPSA) is 110 Å². The van der Waals surface area contributed by atoms with Crippen LogP contribution in [-0.4, -0.2) is 24.4 Å². The predicted molar refractivity (Wildman–Crippen MR) is 108 cm³/mol. The SMILES string of the molecule is NS(=O)(=O)c1cccc(Nc2ncc(Br)c(C3=CC=CC4NC=CC34)n2)c1. The van der Waals surface area contributed by atoms with Gasteiger partial charge < -0.3 is 10.6 Å². The maximum Gasteiger partial charge on any atom is 0.238 e. The van der Waals surface area contributed by atoms with Crippen molar-refractivity contribution in [1.29, 1.82) is 0 Å². The van der Waals surface area contributed by atoms with Gasteiger partial charge in [0.15, 0.2) is 0 Å². The van der Waals surface area contributed by atoms with E-state index in [0.717, 1.165) is 15.7 Å². The van der Waals surface area contributed by atoms with Crippen molar-refractivity contribution in [1.82, 2.24) is 15.3 Å². The lowest BCUT2D eigenvalue weighted by atomic mass is 9.87. The molecule has 27 heavy (non-hydrogen) atoms. The highest BCUT2D eigenvalue weighted by molar-refractivity contribution is 9.10. The van der Waals surface area contributed by atoms with Crippen LogP contribution in [0.2, 0.25) is 0 Å². The number of nitrogens with two attached hydrogens (primary N) is 1. The lowest BCUT2D eigenvalue weighted by Crippen LogP contribution is -2.27. The van der Waals surface area contributed by atoms with E-state index in [-0.39, 0.29) is 16.9 Å². The molecular weight excluding hydrogens is 430 g/mol. The molecule has 7 nitrogen and oxygen atoms in total. The molecule has 0 spiro atoms. The Labute approximate surface area is 165 Å². The van der Waals surface area contributed by atoms with Crippen LogP contribution in [0, 0.1) is 5.92 Å². The van der Waals surface area contributed by atoms with Crippen LogP contribution in [0.15, 0.2) is 70.3 Å². The zero-order valence-electron chi connectivity index (χ0n) is 14.0. The van der Waals surface area contributed by atoms with E-state index in [0.29, 0.717) is 11.6 Å². The van der Waals surface area contributed by atoms with Gasteiger partial charge in [0.2, 0.25) is 16.0 Å². The molecular formula is C18H16BrN5O2S. The number of rotatable bonds is 4. The number of primary sulfonamides is 1. The Bertz CT molecular complexity index is 1090. The molecule has 9 heteroatoms. The molecule has 1 aromatic carbocycles. The van der Waals surface area contributed by atoms with Gasteiger partial charge in [-0.3, -0.25) is 0 Å². The maximum atomic E-state index is 11.5. The minimum absolute atomic E-state index is 0.0231. The molecule has 4 N–H and O–H groups in total. The van der Waals surface area contributed by atoms with Gasteiger partial charge in [-0.2, -0.15) is 0 Å². The van der Waals surface area contributed by atoms with Crippen LogP contribution in [0.3, 0.4) is 0 Å². The van der Waals surface area contributed by atoms with E-state index in [4.69, 9.17) is 5.14 Å². The van der Waals surface area contributed by atoms with Crippen molar-refractivity contribution in [2.24, 2.45) is 11.1 Å². The number of anilines is 2. The normalized spacial score (nSPS) is 20.7. The van der Waals surface area contributed by atoms with E-state index in [1.54, 1.807) is 18.3 Å². The van der Waals surface area contributed by atoms with E-state index >= 15 is 0 Å². The Kier molecular flexibility index (Phi) is 4.58. The fourth-order valence-electron chi connectivity index (χ4n) is 3.10. The van der Waals surface area contributed by atoms with Gasteiger partial charge in [-0.05, 0) is 45.9 Å². The molecule has 0 radical (unpaired) electrons. The first kappa shape index (κ1) is 17.9. The van der Waals surface area contributed by atoms with Crippen LogP contribution in [-0.2, 0) is 10.0 Å². The Morgan fingerprint density at radius 1 is 1.26 bits per heavy atom. The summed E-state index contributed by atoms with van der Waals surface area (Å²) in [6.07, 6.45) is 11.9. The fourth-order valence-corrected chi connectivity index (χ4v) is 4.08. The zero-order valence-corrected chi connectivity index (χ0v) is 16.4. The maximum absolute atomic E-state index is 11.5. The summed E-state index contributed by atoms with van der Waals surface area (Å²) in [5.74, 6) is 0.557. The number of hydrogen-bond acceptors (Lipinski definition) is 6. The van der Waals surface area contributed by atoms with Crippen LogP contribution < -0.4 is 15.8 Å². The molecule has 2 atom stereocenters. The van der Waals surface area contributed by atoms with E-state index in [2.05, 4.69) is 48.7 Å². The van der Waals surface area contributed by atoms with Crippen molar-refractivity contribution in [2.75, 3.05) is 5.32 Å². The van der Waals surface area contributed by atoms with Crippen molar-refractivity contribution in [2.45, 2.75) is 10.9 Å². The summed E-state index contributed by atoms with van der Waals surface area (Å²) in [6.45, 7) is 0. The van der Waals surface area contributed by atoms with Gasteiger partial charge in [-0.1, -0.05) is 30.4 Å². The summed E-state index contributed by atoms with van der Waals surface area (Å²) in [5, 5.41) is 11.5. The molecule has 0 saturated heterocycles. The number of nitrogens with zero attached hydrogens (tertiary/aromatic N) is 2. The molecule has 2 aliphatic rings. The van der Waals surface area contributed by atoms with Crippen molar-refractivity contribution in [3.63, 3.8) is 0 Å². The highest BCUT2D eigenvalue weighted by atomic mass is 79.9. The van der Waals surface area contributed by atoms with Crippen LogP contribution >= 0.6 is 15.9 Å². The second-order valence-corrected chi connectivity index (χ2v) is 8.59. The van der Waals surface area contributed by atoms with E-state index < -0.39 is 10.0 Å². The molecule has 1 aliphatic heterocycles. The molecule has 0 bridgehead atoms. The highest BCUT2D eigenvalue weighted by Crippen LogP contribution is 2.36. The first-order chi connectivity index (χ1) is 12.9. The molecule has 0 fully saturated rings. The smallest absolute Gasteiger partial charge is 0.238 e. The molecule has 0 saturated carbocycles. The molecule has 138 valence electrons. The Morgan fingerprint density at radius 2 is 2.11 bits per heavy atom. The van der Waals surface area contributed by atoms with Crippen LogP contribution in [0.1, 0.15) is 5.69 Å². The molecule has 1 aliphatic carbocycles. The molecule has 2 unspecified atom stereocenters. The van der Waals surface area contributed by atoms with E-state index in [9.17, 15) is 8.42 Å². The number of halogens is 1. The van der Waals surface area contributed by atoms with Gasteiger partial charge in [0, 0.05) is 17.8 Å². The first-order valence-electron chi connectivity index (χ1n) is 8.16.